The first-order valence-electron chi connectivity index (χ1n) is 27.4. The zero-order valence-electron chi connectivity index (χ0n) is 46.7. The number of rotatable bonds is 30. The van der Waals surface area contributed by atoms with Crippen molar-refractivity contribution in [2.75, 3.05) is 148 Å². The maximum absolute atomic E-state index is 13.6. The molecule has 3 aliphatic rings. The SMILES string of the molecule is CCN(C)CC.Nc1ccc(-c2cccc(CN3CCN(CCNC(=O)CCOCCOCCOCCOCCOCCNc4cccc5c4C(=O)N(C4CCC(=O)NC4=O)C5=O)CC3)c2)cc1NC(=O)c1c[nH]c(=O)cc1C(F)(F)F. The smallest absolute Gasteiger partial charge is 0.397 e. The van der Waals surface area contributed by atoms with E-state index in [1.807, 2.05) is 24.3 Å². The summed E-state index contributed by atoms with van der Waals surface area (Å²) < 4.78 is 68.5. The molecule has 82 heavy (non-hydrogen) atoms. The number of imide groups is 2. The maximum Gasteiger partial charge on any atom is 0.417 e. The zero-order chi connectivity index (χ0) is 59.0. The first-order valence-corrected chi connectivity index (χ1v) is 27.4. The van der Waals surface area contributed by atoms with E-state index in [4.69, 9.17) is 29.4 Å². The average Bonchev–Trinajstić information content (AvgIpc) is 4.00. The molecule has 0 aliphatic carbocycles. The third-order valence-electron chi connectivity index (χ3n) is 13.7. The molecule has 22 nitrogen and oxygen atoms in total. The summed E-state index contributed by atoms with van der Waals surface area (Å²) in [6.07, 6.45) is -3.82. The van der Waals surface area contributed by atoms with Crippen LogP contribution in [0.3, 0.4) is 0 Å². The van der Waals surface area contributed by atoms with Gasteiger partial charge in [0.1, 0.15) is 6.04 Å². The number of pyridine rings is 1. The molecule has 2 fully saturated rings. The van der Waals surface area contributed by atoms with Crippen LogP contribution in [0.15, 0.2) is 77.7 Å². The normalized spacial score (nSPS) is 15.7. The number of anilines is 3. The van der Waals surface area contributed by atoms with Gasteiger partial charge in [0.25, 0.3) is 17.7 Å². The van der Waals surface area contributed by atoms with Gasteiger partial charge in [-0.1, -0.05) is 44.2 Å². The number of aromatic nitrogens is 1. The Morgan fingerprint density at radius 1 is 0.732 bits per heavy atom. The number of ether oxygens (including phenoxy) is 5. The third-order valence-corrected chi connectivity index (χ3v) is 13.7. The number of hydrogen-bond donors (Lipinski definition) is 6. The van der Waals surface area contributed by atoms with Crippen molar-refractivity contribution in [2.24, 2.45) is 0 Å². The number of H-pyrrole nitrogens is 1. The first kappa shape index (κ1) is 64.1. The average molecular weight is 1150 g/mol. The van der Waals surface area contributed by atoms with Gasteiger partial charge < -0.3 is 55.3 Å². The monoisotopic (exact) mass is 1150 g/mol. The van der Waals surface area contributed by atoms with E-state index in [2.05, 4.69) is 61.8 Å². The number of carbonyl (C=O) groups excluding carboxylic acids is 6. The Morgan fingerprint density at radius 3 is 1.99 bits per heavy atom. The quantitative estimate of drug-likeness (QED) is 0.0244. The molecule has 3 aromatic carbocycles. The highest BCUT2D eigenvalue weighted by atomic mass is 19.4. The highest BCUT2D eigenvalue weighted by molar-refractivity contribution is 6.25. The fourth-order valence-electron chi connectivity index (χ4n) is 8.94. The Hall–Kier alpha value is -7.10. The van der Waals surface area contributed by atoms with Crippen LogP contribution in [0.2, 0.25) is 0 Å². The Kier molecular flexibility index (Phi) is 25.4. The van der Waals surface area contributed by atoms with Crippen molar-refractivity contribution in [2.45, 2.75) is 51.9 Å². The predicted octanol–water partition coefficient (Wildman–Crippen LogP) is 4.07. The second-order valence-electron chi connectivity index (χ2n) is 19.4. The fraction of sp³-hybridized carbons (Fsp3) is 0.491. The lowest BCUT2D eigenvalue weighted by Crippen LogP contribution is -2.54. The van der Waals surface area contributed by atoms with Gasteiger partial charge in [-0.2, -0.15) is 13.2 Å². The summed E-state index contributed by atoms with van der Waals surface area (Å²) >= 11 is 0. The highest BCUT2D eigenvalue weighted by Crippen LogP contribution is 2.34. The lowest BCUT2D eigenvalue weighted by Gasteiger charge is -2.34. The molecule has 0 spiro atoms. The number of amides is 6. The van der Waals surface area contributed by atoms with Crippen LogP contribution < -0.4 is 32.6 Å². The van der Waals surface area contributed by atoms with Crippen molar-refractivity contribution in [3.8, 4) is 11.1 Å². The van der Waals surface area contributed by atoms with E-state index in [1.54, 1.807) is 30.3 Å². The molecule has 4 aromatic rings. The number of hydrogen-bond acceptors (Lipinski definition) is 17. The number of nitrogens with one attached hydrogen (secondary N) is 5. The molecule has 1 aromatic heterocycles. The molecule has 25 heteroatoms. The van der Waals surface area contributed by atoms with Gasteiger partial charge in [0.2, 0.25) is 23.3 Å². The van der Waals surface area contributed by atoms with Crippen LogP contribution in [0, 0.1) is 0 Å². The van der Waals surface area contributed by atoms with Crippen LogP contribution in [-0.2, 0) is 50.8 Å². The molecule has 3 aliphatic heterocycles. The number of nitrogen functional groups attached to an aromatic ring is 1. The minimum absolute atomic E-state index is 0.0464. The number of halogens is 3. The fourth-order valence-corrected chi connectivity index (χ4v) is 8.94. The predicted molar refractivity (Wildman–Crippen MR) is 300 cm³/mol. The van der Waals surface area contributed by atoms with Gasteiger partial charge in [-0.15, -0.1) is 0 Å². The van der Waals surface area contributed by atoms with Gasteiger partial charge in [-0.05, 0) is 73.6 Å². The lowest BCUT2D eigenvalue weighted by atomic mass is 10.0. The van der Waals surface area contributed by atoms with E-state index >= 15 is 0 Å². The van der Waals surface area contributed by atoms with Crippen LogP contribution in [0.4, 0.5) is 30.2 Å². The molecule has 0 saturated carbocycles. The van der Waals surface area contributed by atoms with Gasteiger partial charge in [0.15, 0.2) is 0 Å². The van der Waals surface area contributed by atoms with Crippen LogP contribution in [0.1, 0.15) is 75.3 Å². The maximum atomic E-state index is 13.6. The second-order valence-corrected chi connectivity index (χ2v) is 19.4. The number of fused-ring (bicyclic) bond motifs is 1. The topological polar surface area (TPSA) is 269 Å². The molecule has 6 amide bonds. The second kappa shape index (κ2) is 32.5. The van der Waals surface area contributed by atoms with Crippen molar-refractivity contribution in [3.05, 3.63) is 111 Å². The van der Waals surface area contributed by atoms with Gasteiger partial charge in [0, 0.05) is 83.2 Å². The number of benzene rings is 3. The lowest BCUT2D eigenvalue weighted by molar-refractivity contribution is -0.138. The van der Waals surface area contributed by atoms with Crippen LogP contribution >= 0.6 is 0 Å². The summed E-state index contributed by atoms with van der Waals surface area (Å²) in [7, 11) is 2.11. The Bertz CT molecular complexity index is 2840. The molecule has 1 unspecified atom stereocenters. The van der Waals surface area contributed by atoms with Crippen molar-refractivity contribution >= 4 is 52.5 Å². The third kappa shape index (κ3) is 19.5. The number of piperazine rings is 1. The number of piperidine rings is 1. The van der Waals surface area contributed by atoms with Crippen molar-refractivity contribution in [1.29, 1.82) is 0 Å². The molecule has 7 N–H and O–H groups in total. The molecule has 4 heterocycles. The first-order chi connectivity index (χ1) is 39.5. The molecule has 0 radical (unpaired) electrons. The van der Waals surface area contributed by atoms with Gasteiger partial charge in [-0.25, -0.2) is 0 Å². The van der Waals surface area contributed by atoms with Crippen LogP contribution in [0.5, 0.6) is 0 Å². The summed E-state index contributed by atoms with van der Waals surface area (Å²) in [5, 5.41) is 10.7. The van der Waals surface area contributed by atoms with E-state index < -0.39 is 58.4 Å². The van der Waals surface area contributed by atoms with Crippen molar-refractivity contribution < 1.29 is 65.6 Å². The largest absolute Gasteiger partial charge is 0.417 e. The Morgan fingerprint density at radius 2 is 1.35 bits per heavy atom. The van der Waals surface area contributed by atoms with E-state index in [-0.39, 0.29) is 54.3 Å². The van der Waals surface area contributed by atoms with Gasteiger partial charge in [-0.3, -0.25) is 53.6 Å². The van der Waals surface area contributed by atoms with E-state index in [0.29, 0.717) is 103 Å². The van der Waals surface area contributed by atoms with Crippen LogP contribution in [0.25, 0.3) is 11.1 Å². The number of carbonyl (C=O) groups is 6. The van der Waals surface area contributed by atoms with Gasteiger partial charge in [0.05, 0.1) is 99.7 Å². The van der Waals surface area contributed by atoms with E-state index in [1.165, 1.54) is 6.07 Å². The summed E-state index contributed by atoms with van der Waals surface area (Å²) in [5.74, 6) is -3.40. The summed E-state index contributed by atoms with van der Waals surface area (Å²) in [4.78, 5) is 96.9. The highest BCUT2D eigenvalue weighted by Gasteiger charge is 2.45. The molecule has 1 atom stereocenters. The molecule has 2 saturated heterocycles. The summed E-state index contributed by atoms with van der Waals surface area (Å²) in [5.41, 5.74) is 6.72. The van der Waals surface area contributed by atoms with Crippen molar-refractivity contribution in [1.82, 2.24) is 35.2 Å². The molecule has 0 bridgehead atoms. The van der Waals surface area contributed by atoms with E-state index in [0.717, 1.165) is 61.5 Å². The number of aromatic amines is 1. The molecular weight excluding hydrogens is 1070 g/mol. The Labute approximate surface area is 474 Å². The summed E-state index contributed by atoms with van der Waals surface area (Å²) in [6, 6.07) is 16.9. The standard InChI is InChI=1S/C52H62F3N9O12.C5H13N/c53-52(54,55)39-31-46(67)59-32-38(39)48(68)60-42-30-36(7-8-40(42)56)35-4-1-3-34(29-35)33-63-17-15-62(16-18-63)14-12-58-44(65)11-19-72-21-23-74-25-27-76-28-26-75-24-22-73-20-13-57-41-6-2-5-37-47(41)51(71)64(50(37)70)43-9-10-45(66)61-49(43)69;1-4-6(3)5-2/h1-8,29-32,43,57H,9-28,33,56H2,(H,58,65)(H,59,67)(H,60,68)(H,61,66,69);4-5H2,1-3H3. The Balaban J connectivity index is 0.00000171. The molecule has 446 valence electrons. The number of nitrogens with two attached hydrogens (primary N) is 1. The minimum Gasteiger partial charge on any atom is -0.397 e. The number of alkyl halides is 3. The van der Waals surface area contributed by atoms with E-state index in [9.17, 15) is 46.7 Å². The zero-order valence-corrected chi connectivity index (χ0v) is 46.7. The molecule has 7 rings (SSSR count). The molecular formula is C57H75F3N10O12. The van der Waals surface area contributed by atoms with Gasteiger partial charge >= 0.3 is 6.18 Å². The van der Waals surface area contributed by atoms with Crippen LogP contribution in [-0.4, -0.2) is 198 Å². The number of nitrogens with zero attached hydrogens (tertiary/aromatic N) is 4. The summed E-state index contributed by atoms with van der Waals surface area (Å²) in [6.45, 7) is 15.7. The minimum atomic E-state index is -4.91. The van der Waals surface area contributed by atoms with Crippen molar-refractivity contribution in [3.63, 3.8) is 0 Å².